The van der Waals surface area contributed by atoms with Crippen LogP contribution in [0.4, 0.5) is 4.79 Å². The second-order valence-electron chi connectivity index (χ2n) is 7.17. The second-order valence-corrected chi connectivity index (χ2v) is 7.17. The van der Waals surface area contributed by atoms with Crippen molar-refractivity contribution in [2.24, 2.45) is 7.05 Å². The average Bonchev–Trinajstić information content (AvgIpc) is 3.13. The highest BCUT2D eigenvalue weighted by molar-refractivity contribution is 5.89. The first-order valence-electron chi connectivity index (χ1n) is 9.75. The SMILES string of the molecule is COC(=O)c1ccc(-c2nc3c(n2C)CN(C(=O)OCc2ccccc2)CC3)cc1. The van der Waals surface area contributed by atoms with E-state index < -0.39 is 0 Å². The molecule has 7 heteroatoms. The summed E-state index contributed by atoms with van der Waals surface area (Å²) >= 11 is 0. The maximum Gasteiger partial charge on any atom is 0.410 e. The van der Waals surface area contributed by atoms with E-state index in [9.17, 15) is 9.59 Å². The Bertz CT molecular complexity index is 1060. The number of esters is 1. The third kappa shape index (κ3) is 3.91. The molecule has 0 N–H and O–H groups in total. The fourth-order valence-corrected chi connectivity index (χ4v) is 3.58. The Kier molecular flexibility index (Phi) is 5.52. The van der Waals surface area contributed by atoms with Crippen LogP contribution in [0.5, 0.6) is 0 Å². The van der Waals surface area contributed by atoms with Gasteiger partial charge < -0.3 is 18.9 Å². The minimum absolute atomic E-state index is 0.256. The van der Waals surface area contributed by atoms with Crippen LogP contribution in [0.15, 0.2) is 54.6 Å². The van der Waals surface area contributed by atoms with Crippen LogP contribution >= 0.6 is 0 Å². The molecule has 0 saturated carbocycles. The van der Waals surface area contributed by atoms with Crippen molar-refractivity contribution in [2.45, 2.75) is 19.6 Å². The molecule has 0 bridgehead atoms. The molecule has 30 heavy (non-hydrogen) atoms. The number of aromatic nitrogens is 2. The third-order valence-corrected chi connectivity index (χ3v) is 5.28. The Labute approximate surface area is 174 Å². The van der Waals surface area contributed by atoms with E-state index in [4.69, 9.17) is 14.5 Å². The van der Waals surface area contributed by atoms with Crippen LogP contribution in [0.3, 0.4) is 0 Å². The zero-order chi connectivity index (χ0) is 21.1. The molecule has 7 nitrogen and oxygen atoms in total. The Morgan fingerprint density at radius 3 is 2.50 bits per heavy atom. The van der Waals surface area contributed by atoms with Gasteiger partial charge in [0.05, 0.1) is 30.6 Å². The van der Waals surface area contributed by atoms with Gasteiger partial charge in [-0.05, 0) is 17.7 Å². The molecule has 2 heterocycles. The highest BCUT2D eigenvalue weighted by Gasteiger charge is 2.27. The predicted molar refractivity (Wildman–Crippen MR) is 111 cm³/mol. The average molecular weight is 405 g/mol. The Hall–Kier alpha value is -3.61. The number of amides is 1. The number of imidazole rings is 1. The molecule has 0 atom stereocenters. The normalized spacial score (nSPS) is 12.9. The van der Waals surface area contributed by atoms with Gasteiger partial charge >= 0.3 is 12.1 Å². The number of rotatable bonds is 4. The molecular weight excluding hydrogens is 382 g/mol. The van der Waals surface area contributed by atoms with Crippen molar-refractivity contribution in [1.82, 2.24) is 14.5 Å². The summed E-state index contributed by atoms with van der Waals surface area (Å²) < 4.78 is 12.2. The molecule has 3 aromatic rings. The van der Waals surface area contributed by atoms with E-state index in [-0.39, 0.29) is 18.7 Å². The topological polar surface area (TPSA) is 73.7 Å². The molecule has 4 rings (SSSR count). The molecule has 2 aromatic carbocycles. The fraction of sp³-hybridized carbons (Fsp3) is 0.261. The molecular formula is C23H23N3O4. The van der Waals surface area contributed by atoms with Gasteiger partial charge in [0, 0.05) is 25.6 Å². The van der Waals surface area contributed by atoms with Crippen LogP contribution in [0.25, 0.3) is 11.4 Å². The van der Waals surface area contributed by atoms with Crippen LogP contribution in [0.2, 0.25) is 0 Å². The predicted octanol–water partition coefficient (Wildman–Crippen LogP) is 3.57. The molecule has 154 valence electrons. The van der Waals surface area contributed by atoms with Crippen molar-refractivity contribution in [3.05, 3.63) is 77.1 Å². The zero-order valence-corrected chi connectivity index (χ0v) is 17.0. The summed E-state index contributed by atoms with van der Waals surface area (Å²) in [5, 5.41) is 0. The number of carbonyl (C=O) groups is 2. The van der Waals surface area contributed by atoms with Crippen LogP contribution in [-0.4, -0.2) is 40.2 Å². The van der Waals surface area contributed by atoms with Crippen LogP contribution in [-0.2, 0) is 36.1 Å². The minimum atomic E-state index is -0.370. The molecule has 0 spiro atoms. The maximum absolute atomic E-state index is 12.5. The molecule has 1 aliphatic heterocycles. The van der Waals surface area contributed by atoms with E-state index in [0.717, 1.165) is 28.3 Å². The number of ether oxygens (including phenoxy) is 2. The summed E-state index contributed by atoms with van der Waals surface area (Å²) in [5.41, 5.74) is 4.33. The van der Waals surface area contributed by atoms with Crippen molar-refractivity contribution in [2.75, 3.05) is 13.7 Å². The van der Waals surface area contributed by atoms with Gasteiger partial charge in [-0.1, -0.05) is 42.5 Å². The number of hydrogen-bond acceptors (Lipinski definition) is 5. The summed E-state index contributed by atoms with van der Waals surface area (Å²) in [6, 6.07) is 16.8. The lowest BCUT2D eigenvalue weighted by molar-refractivity contribution is 0.0600. The van der Waals surface area contributed by atoms with Gasteiger partial charge in [0.2, 0.25) is 0 Å². The molecule has 1 aromatic heterocycles. The van der Waals surface area contributed by atoms with E-state index in [1.165, 1.54) is 7.11 Å². The van der Waals surface area contributed by atoms with Gasteiger partial charge in [0.15, 0.2) is 0 Å². The Morgan fingerprint density at radius 2 is 1.80 bits per heavy atom. The van der Waals surface area contributed by atoms with Gasteiger partial charge in [-0.15, -0.1) is 0 Å². The van der Waals surface area contributed by atoms with E-state index in [1.54, 1.807) is 17.0 Å². The number of nitrogens with zero attached hydrogens (tertiary/aromatic N) is 3. The monoisotopic (exact) mass is 405 g/mol. The fourth-order valence-electron chi connectivity index (χ4n) is 3.58. The van der Waals surface area contributed by atoms with Crippen LogP contribution < -0.4 is 0 Å². The second kappa shape index (κ2) is 8.41. The number of fused-ring (bicyclic) bond motifs is 1. The van der Waals surface area contributed by atoms with Crippen molar-refractivity contribution >= 4 is 12.1 Å². The van der Waals surface area contributed by atoms with Gasteiger partial charge in [0.1, 0.15) is 12.4 Å². The van der Waals surface area contributed by atoms with E-state index in [0.29, 0.717) is 25.1 Å². The first-order chi connectivity index (χ1) is 14.6. The van der Waals surface area contributed by atoms with Gasteiger partial charge in [-0.2, -0.15) is 0 Å². The quantitative estimate of drug-likeness (QED) is 0.621. The Morgan fingerprint density at radius 1 is 1.07 bits per heavy atom. The molecule has 0 fully saturated rings. The third-order valence-electron chi connectivity index (χ3n) is 5.28. The highest BCUT2D eigenvalue weighted by atomic mass is 16.6. The highest BCUT2D eigenvalue weighted by Crippen LogP contribution is 2.26. The zero-order valence-electron chi connectivity index (χ0n) is 17.0. The number of hydrogen-bond donors (Lipinski definition) is 0. The van der Waals surface area contributed by atoms with Gasteiger partial charge in [-0.3, -0.25) is 0 Å². The molecule has 1 aliphatic rings. The lowest BCUT2D eigenvalue weighted by Gasteiger charge is -2.26. The van der Waals surface area contributed by atoms with E-state index in [2.05, 4.69) is 0 Å². The van der Waals surface area contributed by atoms with E-state index in [1.807, 2.05) is 54.1 Å². The van der Waals surface area contributed by atoms with Crippen molar-refractivity contribution in [3.63, 3.8) is 0 Å². The smallest absolute Gasteiger partial charge is 0.410 e. The van der Waals surface area contributed by atoms with Crippen molar-refractivity contribution < 1.29 is 19.1 Å². The summed E-state index contributed by atoms with van der Waals surface area (Å²) in [6.07, 6.45) is 0.346. The molecule has 0 unspecified atom stereocenters. The lowest BCUT2D eigenvalue weighted by Crippen LogP contribution is -2.37. The van der Waals surface area contributed by atoms with E-state index >= 15 is 0 Å². The first kappa shape index (κ1) is 19.7. The molecule has 0 aliphatic carbocycles. The summed E-state index contributed by atoms with van der Waals surface area (Å²) in [5.74, 6) is 0.432. The molecule has 0 radical (unpaired) electrons. The number of benzene rings is 2. The standard InChI is InChI=1S/C23H23N3O4/c1-25-20-14-26(23(28)30-15-16-6-4-3-5-7-16)13-12-19(20)24-21(25)17-8-10-18(11-9-17)22(27)29-2/h3-11H,12-15H2,1-2H3. The molecule has 1 amide bonds. The van der Waals surface area contributed by atoms with Crippen molar-refractivity contribution in [3.8, 4) is 11.4 Å². The first-order valence-corrected chi connectivity index (χ1v) is 9.75. The molecule has 0 saturated heterocycles. The summed E-state index contributed by atoms with van der Waals surface area (Å²) in [4.78, 5) is 30.6. The van der Waals surface area contributed by atoms with Gasteiger partial charge in [-0.25, -0.2) is 14.6 Å². The number of carbonyl (C=O) groups excluding carboxylic acids is 2. The van der Waals surface area contributed by atoms with Gasteiger partial charge in [0.25, 0.3) is 0 Å². The van der Waals surface area contributed by atoms with Crippen LogP contribution in [0.1, 0.15) is 27.3 Å². The summed E-state index contributed by atoms with van der Waals surface area (Å²) in [6.45, 7) is 1.28. The Balaban J connectivity index is 1.47. The summed E-state index contributed by atoms with van der Waals surface area (Å²) in [7, 11) is 3.30. The largest absolute Gasteiger partial charge is 0.465 e. The maximum atomic E-state index is 12.5. The lowest BCUT2D eigenvalue weighted by atomic mass is 10.1. The number of methoxy groups -OCH3 is 1. The minimum Gasteiger partial charge on any atom is -0.465 e. The van der Waals surface area contributed by atoms with Crippen molar-refractivity contribution in [1.29, 1.82) is 0 Å². The van der Waals surface area contributed by atoms with Crippen LogP contribution in [0, 0.1) is 0 Å².